The number of aliphatic carboxylic acids is 1. The zero-order valence-corrected chi connectivity index (χ0v) is 22.4. The molecule has 0 spiro atoms. The predicted octanol–water partition coefficient (Wildman–Crippen LogP) is 4.72. The van der Waals surface area contributed by atoms with Crippen LogP contribution >= 0.6 is 0 Å². The summed E-state index contributed by atoms with van der Waals surface area (Å²) in [5, 5.41) is 9.24. The van der Waals surface area contributed by atoms with Crippen LogP contribution in [0.5, 0.6) is 17.2 Å². The lowest BCUT2D eigenvalue weighted by Gasteiger charge is -2.34. The number of rotatable bonds is 15. The minimum Gasteiger partial charge on any atom is -0.495 e. The smallest absolute Gasteiger partial charge is 0.303 e. The van der Waals surface area contributed by atoms with E-state index in [0.717, 1.165) is 54.5 Å². The van der Waals surface area contributed by atoms with Gasteiger partial charge in [0.2, 0.25) is 0 Å². The molecule has 3 N–H and O–H groups in total. The Kier molecular flexibility index (Phi) is 9.50. The van der Waals surface area contributed by atoms with Crippen molar-refractivity contribution in [3.8, 4) is 17.2 Å². The zero-order valence-electron chi connectivity index (χ0n) is 22.4. The molecule has 1 heterocycles. The highest BCUT2D eigenvalue weighted by molar-refractivity contribution is 5.96. The van der Waals surface area contributed by atoms with Gasteiger partial charge < -0.3 is 29.8 Å². The lowest BCUT2D eigenvalue weighted by molar-refractivity contribution is -0.138. The maximum Gasteiger partial charge on any atom is 0.303 e. The van der Waals surface area contributed by atoms with Gasteiger partial charge in [-0.3, -0.25) is 9.59 Å². The number of amides is 1. The zero-order chi connectivity index (χ0) is 27.1. The fraction of sp³-hybridized carbons (Fsp3) is 0.533. The molecule has 2 unspecified atom stereocenters. The van der Waals surface area contributed by atoms with Crippen molar-refractivity contribution in [1.82, 2.24) is 0 Å². The van der Waals surface area contributed by atoms with Crippen LogP contribution in [-0.2, 0) is 28.8 Å². The molecule has 38 heavy (non-hydrogen) atoms. The minimum atomic E-state index is -0.840. The number of para-hydroxylation sites is 1. The largest absolute Gasteiger partial charge is 0.495 e. The van der Waals surface area contributed by atoms with E-state index in [1.807, 2.05) is 6.07 Å². The second-order valence-corrected chi connectivity index (χ2v) is 10.2. The number of benzene rings is 2. The number of carboxylic acids is 1. The van der Waals surface area contributed by atoms with Crippen LogP contribution in [0.4, 0.5) is 0 Å². The maximum absolute atomic E-state index is 11.9. The molecule has 1 aliphatic carbocycles. The summed E-state index contributed by atoms with van der Waals surface area (Å²) in [6.45, 7) is 3.02. The second kappa shape index (κ2) is 13.0. The summed E-state index contributed by atoms with van der Waals surface area (Å²) in [6, 6.07) is 9.64. The fourth-order valence-corrected chi connectivity index (χ4v) is 5.12. The van der Waals surface area contributed by atoms with Gasteiger partial charge in [-0.05, 0) is 61.3 Å². The van der Waals surface area contributed by atoms with Crippen molar-refractivity contribution in [2.75, 3.05) is 20.3 Å². The highest BCUT2D eigenvalue weighted by atomic mass is 16.5. The van der Waals surface area contributed by atoms with Gasteiger partial charge in [-0.15, -0.1) is 0 Å². The topological polar surface area (TPSA) is 117 Å². The van der Waals surface area contributed by atoms with Gasteiger partial charge >= 0.3 is 5.97 Å². The lowest BCUT2D eigenvalue weighted by Crippen LogP contribution is -2.40. The normalized spacial score (nSPS) is 18.4. The van der Waals surface area contributed by atoms with E-state index in [4.69, 9.17) is 24.7 Å². The van der Waals surface area contributed by atoms with Crippen LogP contribution in [0.3, 0.4) is 0 Å². The number of primary amides is 1. The highest BCUT2D eigenvalue weighted by Gasteiger charge is 2.32. The van der Waals surface area contributed by atoms with Crippen molar-refractivity contribution in [2.45, 2.75) is 76.9 Å². The second-order valence-electron chi connectivity index (χ2n) is 10.2. The number of ether oxygens (including phenoxy) is 4. The summed E-state index contributed by atoms with van der Waals surface area (Å²) in [5.41, 5.74) is 9.08. The van der Waals surface area contributed by atoms with Gasteiger partial charge in [0.15, 0.2) is 0 Å². The Balaban J connectivity index is 1.37. The monoisotopic (exact) mass is 525 g/mol. The van der Waals surface area contributed by atoms with E-state index < -0.39 is 11.9 Å². The fourth-order valence-electron chi connectivity index (χ4n) is 5.12. The molecule has 8 heteroatoms. The number of carbonyl (C=O) groups excluding carboxylic acids is 1. The van der Waals surface area contributed by atoms with Crippen molar-refractivity contribution < 1.29 is 33.6 Å². The molecule has 0 aromatic heterocycles. The number of carbonyl (C=O) groups is 2. The van der Waals surface area contributed by atoms with E-state index in [1.54, 1.807) is 19.2 Å². The molecule has 1 fully saturated rings. The lowest BCUT2D eigenvalue weighted by atomic mass is 9.93. The van der Waals surface area contributed by atoms with Crippen LogP contribution in [0.15, 0.2) is 30.3 Å². The Hall–Kier alpha value is -3.26. The molecule has 0 saturated heterocycles. The van der Waals surface area contributed by atoms with E-state index in [0.29, 0.717) is 55.5 Å². The van der Waals surface area contributed by atoms with Crippen molar-refractivity contribution in [3.63, 3.8) is 0 Å². The summed E-state index contributed by atoms with van der Waals surface area (Å²) in [5.74, 6) is 1.32. The third-order valence-corrected chi connectivity index (χ3v) is 7.20. The SMILES string of the molecule is CCCc1cccc2c1OC(CCC(=O)O)C(OCCCOc1ccc(C(N)=O)c(OC)c1CC1CC1)C2. The van der Waals surface area contributed by atoms with E-state index >= 15 is 0 Å². The average molecular weight is 526 g/mol. The number of fused-ring (bicyclic) bond motifs is 1. The first-order chi connectivity index (χ1) is 18.4. The van der Waals surface area contributed by atoms with Gasteiger partial charge in [0, 0.05) is 24.8 Å². The maximum atomic E-state index is 11.9. The van der Waals surface area contributed by atoms with Crippen molar-refractivity contribution in [3.05, 3.63) is 52.6 Å². The van der Waals surface area contributed by atoms with Crippen LogP contribution in [0.1, 0.15) is 72.5 Å². The van der Waals surface area contributed by atoms with E-state index in [9.17, 15) is 14.7 Å². The van der Waals surface area contributed by atoms with E-state index in [1.165, 1.54) is 0 Å². The Morgan fingerprint density at radius 1 is 1.16 bits per heavy atom. The molecule has 4 rings (SSSR count). The number of aryl methyl sites for hydroxylation is 1. The molecule has 2 aromatic rings. The van der Waals surface area contributed by atoms with Crippen LogP contribution in [0.25, 0.3) is 0 Å². The van der Waals surface area contributed by atoms with Crippen LogP contribution < -0.4 is 19.9 Å². The van der Waals surface area contributed by atoms with Gasteiger partial charge in [0.1, 0.15) is 23.4 Å². The van der Waals surface area contributed by atoms with E-state index in [-0.39, 0.29) is 18.6 Å². The molecule has 8 nitrogen and oxygen atoms in total. The summed E-state index contributed by atoms with van der Waals surface area (Å²) >= 11 is 0. The van der Waals surface area contributed by atoms with Crippen LogP contribution in [-0.4, -0.2) is 49.5 Å². The quantitative estimate of drug-likeness (QED) is 0.323. The Morgan fingerprint density at radius 3 is 2.66 bits per heavy atom. The predicted molar refractivity (Wildman–Crippen MR) is 143 cm³/mol. The minimum absolute atomic E-state index is 0.0335. The van der Waals surface area contributed by atoms with Crippen LogP contribution in [0.2, 0.25) is 0 Å². The van der Waals surface area contributed by atoms with Gasteiger partial charge in [0.05, 0.1) is 32.0 Å². The van der Waals surface area contributed by atoms with Crippen molar-refractivity contribution in [1.29, 1.82) is 0 Å². The Morgan fingerprint density at radius 2 is 1.97 bits per heavy atom. The summed E-state index contributed by atoms with van der Waals surface area (Å²) in [6.07, 6.45) is 6.28. The molecule has 206 valence electrons. The van der Waals surface area contributed by atoms with Gasteiger partial charge in [0.25, 0.3) is 5.91 Å². The highest BCUT2D eigenvalue weighted by Crippen LogP contribution is 2.41. The molecule has 0 radical (unpaired) electrons. The molecule has 2 atom stereocenters. The number of hydrogen-bond acceptors (Lipinski definition) is 6. The van der Waals surface area contributed by atoms with Crippen molar-refractivity contribution in [2.24, 2.45) is 11.7 Å². The number of methoxy groups -OCH3 is 1. The number of carboxylic acid groups (broad SMARTS) is 1. The molecular formula is C30H39NO7. The molecule has 1 aliphatic heterocycles. The molecule has 1 saturated carbocycles. The first-order valence-electron chi connectivity index (χ1n) is 13.6. The van der Waals surface area contributed by atoms with Crippen molar-refractivity contribution >= 4 is 11.9 Å². The van der Waals surface area contributed by atoms with Gasteiger partial charge in [-0.2, -0.15) is 0 Å². The molecule has 2 aromatic carbocycles. The van der Waals surface area contributed by atoms with Gasteiger partial charge in [-0.25, -0.2) is 0 Å². The first-order valence-corrected chi connectivity index (χ1v) is 13.6. The average Bonchev–Trinajstić information content (AvgIpc) is 3.72. The standard InChI is InChI=1S/C30H39NO7/c1-3-6-20-7-4-8-21-18-26(25(38-28(20)21)13-14-27(32)33)37-16-5-15-36-24-12-11-22(30(31)34)29(35-2)23(24)17-19-9-10-19/h4,7-8,11-12,19,25-26H,3,5-6,9-10,13-18H2,1-2H3,(H2,31,34)(H,32,33). The summed E-state index contributed by atoms with van der Waals surface area (Å²) < 4.78 is 24.3. The van der Waals surface area contributed by atoms with E-state index in [2.05, 4.69) is 19.1 Å². The van der Waals surface area contributed by atoms with Crippen LogP contribution in [0, 0.1) is 5.92 Å². The summed E-state index contributed by atoms with van der Waals surface area (Å²) in [7, 11) is 1.55. The number of hydrogen-bond donors (Lipinski definition) is 2. The molecule has 2 aliphatic rings. The Bertz CT molecular complexity index is 1130. The molecular weight excluding hydrogens is 486 g/mol. The Labute approximate surface area is 224 Å². The molecule has 1 amide bonds. The van der Waals surface area contributed by atoms with Gasteiger partial charge in [-0.1, -0.05) is 31.5 Å². The third-order valence-electron chi connectivity index (χ3n) is 7.20. The third kappa shape index (κ3) is 6.98. The first kappa shape index (κ1) is 27.8. The number of nitrogens with two attached hydrogens (primary N) is 1. The summed E-state index contributed by atoms with van der Waals surface area (Å²) in [4.78, 5) is 23.1. The molecule has 0 bridgehead atoms.